The van der Waals surface area contributed by atoms with Gasteiger partial charge in [-0.2, -0.15) is 0 Å². The number of hydrogen-bond acceptors (Lipinski definition) is 0. The van der Waals surface area contributed by atoms with E-state index in [1.54, 1.807) is 10.6 Å². The van der Waals surface area contributed by atoms with Crippen molar-refractivity contribution in [2.24, 2.45) is 0 Å². The van der Waals surface area contributed by atoms with Crippen molar-refractivity contribution in [3.05, 3.63) is 60.7 Å². The van der Waals surface area contributed by atoms with Crippen molar-refractivity contribution in [3.8, 4) is 0 Å². The van der Waals surface area contributed by atoms with Gasteiger partial charge >= 0.3 is 39.5 Å². The quantitative estimate of drug-likeness (QED) is 0.330. The van der Waals surface area contributed by atoms with E-state index in [2.05, 4.69) is 117 Å². The minimum absolute atomic E-state index is 0.149. The Kier molecular flexibility index (Phi) is 18.7. The Morgan fingerprint density at radius 1 is 0.600 bits per heavy atom. The summed E-state index contributed by atoms with van der Waals surface area (Å²) in [4.78, 5) is 0. The van der Waals surface area contributed by atoms with Crippen LogP contribution in [0.3, 0.4) is 0 Å². The molecule has 0 unspecified atom stereocenters. The van der Waals surface area contributed by atoms with E-state index in [9.17, 15) is 0 Å². The van der Waals surface area contributed by atoms with E-state index < -0.39 is 0 Å². The normalized spacial score (nSPS) is 10.1. The number of benzene rings is 2. The van der Waals surface area contributed by atoms with Crippen LogP contribution in [0.2, 0.25) is 0 Å². The Balaban J connectivity index is 0.000000399. The van der Waals surface area contributed by atoms with Gasteiger partial charge in [-0.05, 0) is 35.3 Å². The van der Waals surface area contributed by atoms with Crippen molar-refractivity contribution in [2.45, 2.75) is 27.7 Å². The van der Waals surface area contributed by atoms with Crippen LogP contribution in [-0.4, -0.2) is 24.6 Å². The molecule has 2 aromatic carbocycles. The van der Waals surface area contributed by atoms with E-state index in [0.717, 1.165) is 11.1 Å². The van der Waals surface area contributed by atoms with Crippen molar-refractivity contribution in [1.29, 1.82) is 0 Å². The van der Waals surface area contributed by atoms with Crippen LogP contribution in [0.25, 0.3) is 0 Å². The monoisotopic (exact) mass is 549 g/mol. The molecule has 0 aliphatic heterocycles. The first-order valence-electron chi connectivity index (χ1n) is 8.61. The molecule has 0 nitrogen and oxygen atoms in total. The van der Waals surface area contributed by atoms with Gasteiger partial charge in [-0.3, -0.25) is 0 Å². The van der Waals surface area contributed by atoms with E-state index in [1.165, 1.54) is 24.6 Å². The second-order valence-corrected chi connectivity index (χ2v) is 16.0. The van der Waals surface area contributed by atoms with Crippen LogP contribution in [0, 0.1) is 0 Å². The molecule has 0 N–H and O–H groups in total. The van der Waals surface area contributed by atoms with E-state index in [-0.39, 0.29) is 15.8 Å². The summed E-state index contributed by atoms with van der Waals surface area (Å²) in [6.07, 6.45) is 5.26. The Hall–Kier alpha value is 0.766. The zero-order valence-corrected chi connectivity index (χ0v) is 21.6. The molecule has 0 saturated heterocycles. The molecule has 2 aromatic rings. The van der Waals surface area contributed by atoms with Gasteiger partial charge in [0.05, 0.1) is 0 Å². The molecule has 0 radical (unpaired) electrons. The zero-order valence-electron chi connectivity index (χ0n) is 15.6. The average Bonchev–Trinajstić information content (AvgIpc) is 2.67. The van der Waals surface area contributed by atoms with E-state index in [1.807, 2.05) is 0 Å². The van der Waals surface area contributed by atoms with Crippen molar-refractivity contribution in [2.75, 3.05) is 24.6 Å². The molecular weight excluding hydrogens is 521 g/mol. The van der Waals surface area contributed by atoms with Crippen molar-refractivity contribution >= 4 is 54.8 Å². The van der Waals surface area contributed by atoms with Gasteiger partial charge in [0.25, 0.3) is 0 Å². The predicted molar refractivity (Wildman–Crippen MR) is 126 cm³/mol. The van der Waals surface area contributed by atoms with Gasteiger partial charge in [-0.15, -0.1) is 0 Å². The van der Waals surface area contributed by atoms with Gasteiger partial charge in [0.15, 0.2) is 0 Å². The average molecular weight is 551 g/mol. The van der Waals surface area contributed by atoms with Crippen LogP contribution < -0.4 is 10.6 Å². The summed E-state index contributed by atoms with van der Waals surface area (Å²) in [6.45, 7) is 9.12. The summed E-state index contributed by atoms with van der Waals surface area (Å²) in [5, 5.41) is 3.10. The first-order chi connectivity index (χ1) is 12.2. The zero-order chi connectivity index (χ0) is 18.9. The SMILES string of the molecule is CCP(CC)c1ccccc1.CCP(CC)c1ccccc1.[Br][Co][Br]. The molecule has 0 aromatic heterocycles. The molecule has 0 fully saturated rings. The topological polar surface area (TPSA) is 0 Å². The van der Waals surface area contributed by atoms with E-state index >= 15 is 0 Å². The predicted octanol–water partition coefficient (Wildman–Crippen LogP) is 7.36. The standard InChI is InChI=1S/2C10H15P.2BrH.Co/c2*1-3-11(4-2)10-8-6-5-7-9-10;;;/h2*5-9H,3-4H2,1-2H3;2*1H;/q;;;;+2/p-2. The second-order valence-electron chi connectivity index (χ2n) is 5.06. The molecule has 0 aliphatic carbocycles. The molecule has 5 heteroatoms. The number of rotatable bonds is 6. The number of hydrogen-bond donors (Lipinski definition) is 0. The Morgan fingerprint density at radius 3 is 1.04 bits per heavy atom. The van der Waals surface area contributed by atoms with Crippen LogP contribution in [0.5, 0.6) is 0 Å². The molecule has 0 amide bonds. The van der Waals surface area contributed by atoms with Gasteiger partial charge in [0.1, 0.15) is 0 Å². The molecule has 2 rings (SSSR count). The van der Waals surface area contributed by atoms with Crippen molar-refractivity contribution in [1.82, 2.24) is 0 Å². The first-order valence-corrected chi connectivity index (χ1v) is 17.2. The van der Waals surface area contributed by atoms with Gasteiger partial charge in [-0.25, -0.2) is 0 Å². The summed E-state index contributed by atoms with van der Waals surface area (Å²) in [5.74, 6) is 0. The third-order valence-corrected chi connectivity index (χ3v) is 8.88. The molecule has 0 heterocycles. The van der Waals surface area contributed by atoms with Crippen LogP contribution >= 0.6 is 44.2 Å². The fraction of sp³-hybridized carbons (Fsp3) is 0.400. The maximum atomic E-state index is 3.03. The minimum atomic E-state index is 0.149. The van der Waals surface area contributed by atoms with Crippen molar-refractivity contribution < 1.29 is 11.1 Å². The Bertz CT molecular complexity index is 456. The molecule has 0 aliphatic rings. The van der Waals surface area contributed by atoms with Crippen molar-refractivity contribution in [3.63, 3.8) is 0 Å². The van der Waals surface area contributed by atoms with E-state index in [0.29, 0.717) is 0 Å². The fourth-order valence-electron chi connectivity index (χ4n) is 2.46. The second kappa shape index (κ2) is 18.1. The van der Waals surface area contributed by atoms with E-state index in [4.69, 9.17) is 0 Å². The molecular formula is C20H30Br2CoP2. The summed E-state index contributed by atoms with van der Waals surface area (Å²) in [7, 11) is 0.297. The summed E-state index contributed by atoms with van der Waals surface area (Å²) in [5.41, 5.74) is 0. The Labute approximate surface area is 177 Å². The van der Waals surface area contributed by atoms with Crippen LogP contribution in [0.1, 0.15) is 27.7 Å². The number of halogens is 2. The Morgan fingerprint density at radius 2 is 0.840 bits per heavy atom. The summed E-state index contributed by atoms with van der Waals surface area (Å²) >= 11 is 7.12. The van der Waals surface area contributed by atoms with Gasteiger partial charge in [-0.1, -0.05) is 104 Å². The molecule has 0 spiro atoms. The maximum absolute atomic E-state index is 3.03. The third-order valence-electron chi connectivity index (χ3n) is 3.77. The molecule has 25 heavy (non-hydrogen) atoms. The van der Waals surface area contributed by atoms with Gasteiger partial charge in [0.2, 0.25) is 0 Å². The van der Waals surface area contributed by atoms with Crippen LogP contribution in [0.4, 0.5) is 0 Å². The molecule has 0 atom stereocenters. The molecule has 143 valence electrons. The fourth-order valence-corrected chi connectivity index (χ4v) is 6.00. The molecule has 0 bridgehead atoms. The van der Waals surface area contributed by atoms with Crippen LogP contribution in [0.15, 0.2) is 60.7 Å². The first kappa shape index (κ1) is 25.8. The van der Waals surface area contributed by atoms with Gasteiger partial charge < -0.3 is 0 Å². The van der Waals surface area contributed by atoms with Crippen LogP contribution in [-0.2, 0) is 11.1 Å². The summed E-state index contributed by atoms with van der Waals surface area (Å²) in [6, 6.07) is 21.7. The molecule has 0 saturated carbocycles. The summed E-state index contributed by atoms with van der Waals surface area (Å²) < 4.78 is 0. The third kappa shape index (κ3) is 12.0. The van der Waals surface area contributed by atoms with Gasteiger partial charge in [0, 0.05) is 0 Å².